The van der Waals surface area contributed by atoms with Crippen LogP contribution >= 0.6 is 23.1 Å². The number of thiophene rings is 1. The molecule has 2 aromatic heterocycles. The van der Waals surface area contributed by atoms with Gasteiger partial charge in [0.2, 0.25) is 0 Å². The monoisotopic (exact) mass is 236 g/mol. The maximum atomic E-state index is 5.76. The average Bonchev–Trinajstić information content (AvgIpc) is 2.71. The van der Waals surface area contributed by atoms with Gasteiger partial charge in [-0.15, -0.1) is 11.3 Å². The maximum Gasteiger partial charge on any atom is 0.101 e. The van der Waals surface area contributed by atoms with Gasteiger partial charge in [0.15, 0.2) is 0 Å². The fourth-order valence-corrected chi connectivity index (χ4v) is 2.80. The first kappa shape index (κ1) is 10.7. The maximum absolute atomic E-state index is 5.76. The van der Waals surface area contributed by atoms with Crippen LogP contribution in [-0.2, 0) is 0 Å². The van der Waals surface area contributed by atoms with Crippen LogP contribution < -0.4 is 5.73 Å². The SMILES string of the molecule is CC(N)c1ccc(Sc2cccs2)nc1. The number of nitrogens with two attached hydrogens (primary N) is 1. The van der Waals surface area contributed by atoms with E-state index in [0.717, 1.165) is 10.6 Å². The van der Waals surface area contributed by atoms with Gasteiger partial charge in [0.1, 0.15) is 5.03 Å². The molecule has 0 saturated carbocycles. The molecule has 78 valence electrons. The zero-order valence-electron chi connectivity index (χ0n) is 8.38. The Morgan fingerprint density at radius 2 is 2.27 bits per heavy atom. The van der Waals surface area contributed by atoms with Crippen molar-refractivity contribution in [1.82, 2.24) is 4.98 Å². The number of aromatic nitrogens is 1. The average molecular weight is 236 g/mol. The first-order valence-electron chi connectivity index (χ1n) is 4.68. The van der Waals surface area contributed by atoms with Crippen molar-refractivity contribution in [2.24, 2.45) is 5.73 Å². The lowest BCUT2D eigenvalue weighted by atomic mass is 10.2. The standard InChI is InChI=1S/C11H12N2S2/c1-8(12)9-4-5-10(13-7-9)15-11-3-2-6-14-11/h2-8H,12H2,1H3. The quantitative estimate of drug-likeness (QED) is 0.888. The third-order valence-electron chi connectivity index (χ3n) is 1.99. The molecule has 0 saturated heterocycles. The minimum atomic E-state index is 0.0540. The van der Waals surface area contributed by atoms with E-state index in [9.17, 15) is 0 Å². The van der Waals surface area contributed by atoms with E-state index < -0.39 is 0 Å². The van der Waals surface area contributed by atoms with Crippen LogP contribution in [0.4, 0.5) is 0 Å². The van der Waals surface area contributed by atoms with Crippen molar-refractivity contribution in [3.8, 4) is 0 Å². The molecule has 0 fully saturated rings. The summed E-state index contributed by atoms with van der Waals surface area (Å²) >= 11 is 3.41. The van der Waals surface area contributed by atoms with Crippen LogP contribution in [0.15, 0.2) is 45.1 Å². The van der Waals surface area contributed by atoms with Crippen molar-refractivity contribution < 1.29 is 0 Å². The molecule has 0 spiro atoms. The minimum absolute atomic E-state index is 0.0540. The van der Waals surface area contributed by atoms with Crippen molar-refractivity contribution in [1.29, 1.82) is 0 Å². The smallest absolute Gasteiger partial charge is 0.101 e. The molecule has 2 nitrogen and oxygen atoms in total. The van der Waals surface area contributed by atoms with Gasteiger partial charge in [0.25, 0.3) is 0 Å². The Hall–Kier alpha value is -0.840. The highest BCUT2D eigenvalue weighted by atomic mass is 32.2. The molecule has 0 aliphatic heterocycles. The second kappa shape index (κ2) is 4.79. The molecule has 2 rings (SSSR count). The molecule has 1 atom stereocenters. The summed E-state index contributed by atoms with van der Waals surface area (Å²) in [6.07, 6.45) is 1.85. The minimum Gasteiger partial charge on any atom is -0.324 e. The van der Waals surface area contributed by atoms with Crippen LogP contribution in [0.25, 0.3) is 0 Å². The highest BCUT2D eigenvalue weighted by molar-refractivity contribution is 8.01. The summed E-state index contributed by atoms with van der Waals surface area (Å²) < 4.78 is 1.26. The molecule has 0 aliphatic rings. The number of hydrogen-bond acceptors (Lipinski definition) is 4. The van der Waals surface area contributed by atoms with Crippen molar-refractivity contribution >= 4 is 23.1 Å². The van der Waals surface area contributed by atoms with Crippen LogP contribution in [0.3, 0.4) is 0 Å². The molecule has 4 heteroatoms. The van der Waals surface area contributed by atoms with Crippen molar-refractivity contribution in [3.05, 3.63) is 41.4 Å². The van der Waals surface area contributed by atoms with Crippen LogP contribution in [0.5, 0.6) is 0 Å². The molecule has 15 heavy (non-hydrogen) atoms. The second-order valence-electron chi connectivity index (χ2n) is 3.25. The van der Waals surface area contributed by atoms with E-state index in [1.807, 2.05) is 31.3 Å². The summed E-state index contributed by atoms with van der Waals surface area (Å²) in [4.78, 5) is 4.36. The van der Waals surface area contributed by atoms with Gasteiger partial charge in [0, 0.05) is 12.2 Å². The van der Waals surface area contributed by atoms with Crippen LogP contribution in [0, 0.1) is 0 Å². The zero-order chi connectivity index (χ0) is 10.7. The Morgan fingerprint density at radius 1 is 1.40 bits per heavy atom. The Balaban J connectivity index is 2.11. The summed E-state index contributed by atoms with van der Waals surface area (Å²) in [6.45, 7) is 1.96. The third kappa shape index (κ3) is 2.81. The van der Waals surface area contributed by atoms with Crippen LogP contribution in [0.1, 0.15) is 18.5 Å². The molecule has 0 bridgehead atoms. The summed E-state index contributed by atoms with van der Waals surface area (Å²) in [5.41, 5.74) is 6.83. The van der Waals surface area contributed by atoms with Gasteiger partial charge in [-0.25, -0.2) is 4.98 Å². The predicted molar refractivity (Wildman–Crippen MR) is 65.3 cm³/mol. The second-order valence-corrected chi connectivity index (χ2v) is 5.52. The fraction of sp³-hybridized carbons (Fsp3) is 0.182. The van der Waals surface area contributed by atoms with Gasteiger partial charge in [-0.2, -0.15) is 0 Å². The van der Waals surface area contributed by atoms with E-state index in [0.29, 0.717) is 0 Å². The van der Waals surface area contributed by atoms with Gasteiger partial charge in [0.05, 0.1) is 4.21 Å². The molecular weight excluding hydrogens is 224 g/mol. The van der Waals surface area contributed by atoms with Crippen LogP contribution in [0.2, 0.25) is 0 Å². The number of rotatable bonds is 3. The van der Waals surface area contributed by atoms with Gasteiger partial charge < -0.3 is 5.73 Å². The molecule has 2 aromatic rings. The highest BCUT2D eigenvalue weighted by Crippen LogP contribution is 2.29. The largest absolute Gasteiger partial charge is 0.324 e. The molecule has 0 radical (unpaired) electrons. The van der Waals surface area contributed by atoms with Crippen molar-refractivity contribution in [2.45, 2.75) is 22.2 Å². The van der Waals surface area contributed by atoms with Gasteiger partial charge in [-0.1, -0.05) is 23.9 Å². The van der Waals surface area contributed by atoms with E-state index in [4.69, 9.17) is 5.73 Å². The Morgan fingerprint density at radius 3 is 2.80 bits per heavy atom. The van der Waals surface area contributed by atoms with Gasteiger partial charge in [-0.05, 0) is 30.0 Å². The topological polar surface area (TPSA) is 38.9 Å². The molecule has 2 N–H and O–H groups in total. The number of pyridine rings is 1. The van der Waals surface area contributed by atoms with Gasteiger partial charge in [-0.3, -0.25) is 0 Å². The van der Waals surface area contributed by atoms with E-state index in [1.165, 1.54) is 4.21 Å². The lowest BCUT2D eigenvalue weighted by Crippen LogP contribution is -2.04. The van der Waals surface area contributed by atoms with E-state index >= 15 is 0 Å². The van der Waals surface area contributed by atoms with Crippen molar-refractivity contribution in [3.63, 3.8) is 0 Å². The summed E-state index contributed by atoms with van der Waals surface area (Å²) in [5, 5.41) is 3.08. The lowest BCUT2D eigenvalue weighted by molar-refractivity contribution is 0.806. The van der Waals surface area contributed by atoms with E-state index in [2.05, 4.69) is 16.4 Å². The molecule has 0 amide bonds. The van der Waals surface area contributed by atoms with E-state index in [1.54, 1.807) is 23.1 Å². The molecule has 0 aromatic carbocycles. The lowest BCUT2D eigenvalue weighted by Gasteiger charge is -2.04. The first-order chi connectivity index (χ1) is 7.25. The van der Waals surface area contributed by atoms with E-state index in [-0.39, 0.29) is 6.04 Å². The Kier molecular flexibility index (Phi) is 3.41. The normalized spacial score (nSPS) is 12.7. The molecule has 2 heterocycles. The Bertz CT molecular complexity index is 407. The fourth-order valence-electron chi connectivity index (χ4n) is 1.15. The number of nitrogens with zero attached hydrogens (tertiary/aromatic N) is 1. The highest BCUT2D eigenvalue weighted by Gasteiger charge is 2.02. The summed E-state index contributed by atoms with van der Waals surface area (Å²) in [7, 11) is 0. The Labute approximate surface area is 97.5 Å². The molecule has 0 aliphatic carbocycles. The summed E-state index contributed by atoms with van der Waals surface area (Å²) in [6, 6.07) is 8.24. The van der Waals surface area contributed by atoms with Crippen molar-refractivity contribution in [2.75, 3.05) is 0 Å². The van der Waals surface area contributed by atoms with Crippen LogP contribution in [-0.4, -0.2) is 4.98 Å². The first-order valence-corrected chi connectivity index (χ1v) is 6.38. The third-order valence-corrected chi connectivity index (χ3v) is 3.97. The van der Waals surface area contributed by atoms with Gasteiger partial charge >= 0.3 is 0 Å². The zero-order valence-corrected chi connectivity index (χ0v) is 10.0. The summed E-state index contributed by atoms with van der Waals surface area (Å²) in [5.74, 6) is 0. The molecule has 1 unspecified atom stereocenters. The molecular formula is C11H12N2S2. The number of hydrogen-bond donors (Lipinski definition) is 1. The predicted octanol–water partition coefficient (Wildman–Crippen LogP) is 3.31.